The summed E-state index contributed by atoms with van der Waals surface area (Å²) < 4.78 is 25.4. The van der Waals surface area contributed by atoms with Crippen molar-refractivity contribution in [1.82, 2.24) is 9.79 Å². The molecule has 7 nitrogen and oxygen atoms in total. The molecule has 108 valence electrons. The first-order valence-corrected chi connectivity index (χ1v) is 7.40. The van der Waals surface area contributed by atoms with Gasteiger partial charge in [0.05, 0.1) is 4.90 Å². The zero-order valence-electron chi connectivity index (χ0n) is 10.7. The van der Waals surface area contributed by atoms with E-state index < -0.39 is 27.9 Å². The fourth-order valence-corrected chi connectivity index (χ4v) is 3.70. The number of nitrogens with one attached hydrogen (secondary N) is 1. The molecule has 0 bridgehead atoms. The zero-order valence-corrected chi connectivity index (χ0v) is 11.6. The third-order valence-electron chi connectivity index (χ3n) is 3.15. The van der Waals surface area contributed by atoms with Crippen molar-refractivity contribution in [3.05, 3.63) is 29.8 Å². The van der Waals surface area contributed by atoms with Gasteiger partial charge in [-0.2, -0.15) is 0 Å². The van der Waals surface area contributed by atoms with Crippen LogP contribution in [-0.2, 0) is 19.6 Å². The molecular weight excluding hydrogens is 284 g/mol. The van der Waals surface area contributed by atoms with E-state index in [9.17, 15) is 18.0 Å². The van der Waals surface area contributed by atoms with Crippen LogP contribution in [0.1, 0.15) is 18.4 Å². The minimum atomic E-state index is -4.10. The third kappa shape index (κ3) is 2.39. The molecule has 1 fully saturated rings. The number of sulfonamides is 1. The van der Waals surface area contributed by atoms with Gasteiger partial charge < -0.3 is 0 Å². The Bertz CT molecular complexity index is 638. The molecule has 1 heterocycles. The Morgan fingerprint density at radius 1 is 1.35 bits per heavy atom. The number of amides is 2. The first kappa shape index (κ1) is 14.5. The van der Waals surface area contributed by atoms with Crippen LogP contribution < -0.4 is 5.48 Å². The summed E-state index contributed by atoms with van der Waals surface area (Å²) in [4.78, 5) is 23.2. The van der Waals surface area contributed by atoms with E-state index in [-0.39, 0.29) is 17.7 Å². The highest BCUT2D eigenvalue weighted by molar-refractivity contribution is 7.89. The number of carbonyl (C=O) groups excluding carboxylic acids is 2. The van der Waals surface area contributed by atoms with Crippen molar-refractivity contribution in [2.24, 2.45) is 0 Å². The maximum Gasteiger partial charge on any atom is 0.267 e. The van der Waals surface area contributed by atoms with Crippen molar-refractivity contribution < 1.29 is 23.2 Å². The Morgan fingerprint density at radius 2 is 1.95 bits per heavy atom. The molecule has 1 saturated heterocycles. The molecule has 0 aliphatic carbocycles. The Hall–Kier alpha value is -1.93. The second kappa shape index (κ2) is 5.22. The predicted octanol–water partition coefficient (Wildman–Crippen LogP) is 0.180. The van der Waals surface area contributed by atoms with E-state index in [4.69, 9.17) is 5.21 Å². The van der Waals surface area contributed by atoms with Gasteiger partial charge in [0.2, 0.25) is 5.91 Å². The quantitative estimate of drug-likeness (QED) is 0.612. The standard InChI is InChI=1S/C12H14N2O5S/c1-8-2-4-9(5-3-8)20(18,19)14-10(12(16)13-17)6-7-11(14)15/h2-5,10,17H,6-7H2,1H3,(H,13,16). The van der Waals surface area contributed by atoms with Crippen LogP contribution in [-0.4, -0.2) is 35.8 Å². The van der Waals surface area contributed by atoms with E-state index >= 15 is 0 Å². The lowest BCUT2D eigenvalue weighted by molar-refractivity contribution is -0.136. The van der Waals surface area contributed by atoms with Crippen molar-refractivity contribution in [2.45, 2.75) is 30.7 Å². The lowest BCUT2D eigenvalue weighted by Crippen LogP contribution is -2.46. The largest absolute Gasteiger partial charge is 0.289 e. The minimum absolute atomic E-state index is 0.0519. The molecule has 1 aliphatic rings. The van der Waals surface area contributed by atoms with Gasteiger partial charge >= 0.3 is 0 Å². The van der Waals surface area contributed by atoms with Crippen LogP contribution in [0.5, 0.6) is 0 Å². The molecule has 0 saturated carbocycles. The van der Waals surface area contributed by atoms with Crippen LogP contribution in [0.2, 0.25) is 0 Å². The van der Waals surface area contributed by atoms with Gasteiger partial charge in [0.1, 0.15) is 6.04 Å². The molecule has 1 atom stereocenters. The molecule has 1 aromatic carbocycles. The number of hydroxylamine groups is 1. The average molecular weight is 298 g/mol. The molecule has 2 rings (SSSR count). The monoisotopic (exact) mass is 298 g/mol. The highest BCUT2D eigenvalue weighted by Gasteiger charge is 2.44. The maximum atomic E-state index is 12.4. The Kier molecular flexibility index (Phi) is 3.78. The molecule has 1 unspecified atom stereocenters. The number of carbonyl (C=O) groups is 2. The number of nitrogens with zero attached hydrogens (tertiary/aromatic N) is 1. The SMILES string of the molecule is Cc1ccc(S(=O)(=O)N2C(=O)CCC2C(=O)NO)cc1. The number of benzene rings is 1. The van der Waals surface area contributed by atoms with Gasteiger partial charge in [0.25, 0.3) is 15.9 Å². The molecule has 0 aromatic heterocycles. The molecule has 0 radical (unpaired) electrons. The summed E-state index contributed by atoms with van der Waals surface area (Å²) in [6, 6.07) is 4.76. The van der Waals surface area contributed by atoms with Gasteiger partial charge in [-0.3, -0.25) is 14.8 Å². The van der Waals surface area contributed by atoms with Crippen LogP contribution >= 0.6 is 0 Å². The molecule has 1 aromatic rings. The van der Waals surface area contributed by atoms with Crippen LogP contribution in [0.4, 0.5) is 0 Å². The number of hydrogen-bond acceptors (Lipinski definition) is 5. The number of hydrogen-bond donors (Lipinski definition) is 2. The van der Waals surface area contributed by atoms with Gasteiger partial charge in [-0.05, 0) is 25.5 Å². The summed E-state index contributed by atoms with van der Waals surface area (Å²) >= 11 is 0. The fraction of sp³-hybridized carbons (Fsp3) is 0.333. The second-order valence-electron chi connectivity index (χ2n) is 4.54. The molecule has 2 N–H and O–H groups in total. The van der Waals surface area contributed by atoms with E-state index in [1.165, 1.54) is 17.6 Å². The van der Waals surface area contributed by atoms with E-state index in [2.05, 4.69) is 0 Å². The first-order chi connectivity index (χ1) is 9.37. The minimum Gasteiger partial charge on any atom is -0.289 e. The second-order valence-corrected chi connectivity index (χ2v) is 6.35. The molecule has 8 heteroatoms. The fourth-order valence-electron chi connectivity index (χ4n) is 2.10. The molecule has 2 amide bonds. The predicted molar refractivity (Wildman–Crippen MR) is 68.2 cm³/mol. The summed E-state index contributed by atoms with van der Waals surface area (Å²) in [6.45, 7) is 1.80. The van der Waals surface area contributed by atoms with E-state index in [0.717, 1.165) is 5.56 Å². The average Bonchev–Trinajstić information content (AvgIpc) is 2.81. The molecule has 0 spiro atoms. The molecular formula is C12H14N2O5S. The van der Waals surface area contributed by atoms with Crippen molar-refractivity contribution in [3.8, 4) is 0 Å². The summed E-state index contributed by atoms with van der Waals surface area (Å²) in [7, 11) is -4.10. The van der Waals surface area contributed by atoms with Crippen LogP contribution in [0, 0.1) is 6.92 Å². The third-order valence-corrected chi connectivity index (χ3v) is 5.00. The van der Waals surface area contributed by atoms with Gasteiger partial charge in [0, 0.05) is 6.42 Å². The molecule has 20 heavy (non-hydrogen) atoms. The Labute approximate surface area is 116 Å². The lowest BCUT2D eigenvalue weighted by atomic mass is 10.2. The highest BCUT2D eigenvalue weighted by Crippen LogP contribution is 2.27. The summed E-state index contributed by atoms with van der Waals surface area (Å²) in [6.07, 6.45) is -0.000500. The van der Waals surface area contributed by atoms with Gasteiger partial charge in [-0.1, -0.05) is 17.7 Å². The topological polar surface area (TPSA) is 104 Å². The smallest absolute Gasteiger partial charge is 0.267 e. The molecule has 1 aliphatic heterocycles. The van der Waals surface area contributed by atoms with Crippen LogP contribution in [0.25, 0.3) is 0 Å². The lowest BCUT2D eigenvalue weighted by Gasteiger charge is -2.22. The first-order valence-electron chi connectivity index (χ1n) is 5.96. The summed E-state index contributed by atoms with van der Waals surface area (Å²) in [5.41, 5.74) is 2.27. The van der Waals surface area contributed by atoms with Gasteiger partial charge in [-0.15, -0.1) is 0 Å². The zero-order chi connectivity index (χ0) is 14.9. The number of rotatable bonds is 3. The van der Waals surface area contributed by atoms with Gasteiger partial charge in [-0.25, -0.2) is 18.2 Å². The Balaban J connectivity index is 2.43. The van der Waals surface area contributed by atoms with Crippen molar-refractivity contribution in [3.63, 3.8) is 0 Å². The van der Waals surface area contributed by atoms with Crippen molar-refractivity contribution >= 4 is 21.8 Å². The van der Waals surface area contributed by atoms with Crippen molar-refractivity contribution in [2.75, 3.05) is 0 Å². The summed E-state index contributed by atoms with van der Waals surface area (Å²) in [5.74, 6) is -1.56. The normalized spacial score (nSPS) is 19.2. The Morgan fingerprint density at radius 3 is 2.50 bits per heavy atom. The maximum absolute atomic E-state index is 12.4. The summed E-state index contributed by atoms with van der Waals surface area (Å²) in [5, 5.41) is 8.64. The van der Waals surface area contributed by atoms with Gasteiger partial charge in [0.15, 0.2) is 0 Å². The van der Waals surface area contributed by atoms with Crippen molar-refractivity contribution in [1.29, 1.82) is 0 Å². The van der Waals surface area contributed by atoms with E-state index in [0.29, 0.717) is 4.31 Å². The van der Waals surface area contributed by atoms with E-state index in [1.54, 1.807) is 19.1 Å². The van der Waals surface area contributed by atoms with Crippen LogP contribution in [0.3, 0.4) is 0 Å². The highest BCUT2D eigenvalue weighted by atomic mass is 32.2. The van der Waals surface area contributed by atoms with Crippen LogP contribution in [0.15, 0.2) is 29.2 Å². The van der Waals surface area contributed by atoms with E-state index in [1.807, 2.05) is 0 Å². The number of aryl methyl sites for hydroxylation is 1.